The van der Waals surface area contributed by atoms with Crippen molar-refractivity contribution in [2.45, 2.75) is 20.0 Å². The van der Waals surface area contributed by atoms with Crippen LogP contribution in [0.15, 0.2) is 36.5 Å². The zero-order valence-electron chi connectivity index (χ0n) is 14.3. The summed E-state index contributed by atoms with van der Waals surface area (Å²) in [5.74, 6) is -1.66. The topological polar surface area (TPSA) is 142 Å². The molecular formula is C16H14N6O5. The first kappa shape index (κ1) is 17.9. The maximum absolute atomic E-state index is 12.2. The van der Waals surface area contributed by atoms with Gasteiger partial charge in [0.2, 0.25) is 0 Å². The van der Waals surface area contributed by atoms with Crippen LogP contribution in [0.5, 0.6) is 0 Å². The number of nitro groups is 1. The number of para-hydroxylation sites is 2. The molecular weight excluding hydrogens is 356 g/mol. The summed E-state index contributed by atoms with van der Waals surface area (Å²) in [5, 5.41) is 17.4. The Kier molecular flexibility index (Phi) is 4.75. The van der Waals surface area contributed by atoms with Crippen LogP contribution in [-0.2, 0) is 9.53 Å². The lowest BCUT2D eigenvalue weighted by Gasteiger charge is -2.12. The number of aryl methyl sites for hydroxylation is 1. The monoisotopic (exact) mass is 370 g/mol. The van der Waals surface area contributed by atoms with Crippen molar-refractivity contribution < 1.29 is 19.2 Å². The molecule has 0 radical (unpaired) electrons. The third kappa shape index (κ3) is 3.71. The molecule has 138 valence electrons. The van der Waals surface area contributed by atoms with Crippen LogP contribution in [0.25, 0.3) is 5.78 Å². The van der Waals surface area contributed by atoms with Crippen molar-refractivity contribution in [1.82, 2.24) is 19.6 Å². The lowest BCUT2D eigenvalue weighted by Crippen LogP contribution is -2.30. The minimum Gasteiger partial charge on any atom is -0.447 e. The summed E-state index contributed by atoms with van der Waals surface area (Å²) >= 11 is 0. The first-order chi connectivity index (χ1) is 12.9. The zero-order chi connectivity index (χ0) is 19.6. The molecule has 11 heteroatoms. The lowest BCUT2D eigenvalue weighted by atomic mass is 10.2. The van der Waals surface area contributed by atoms with Gasteiger partial charge in [-0.2, -0.15) is 4.98 Å². The Hall–Kier alpha value is -3.89. The van der Waals surface area contributed by atoms with Gasteiger partial charge >= 0.3 is 5.97 Å². The molecule has 27 heavy (non-hydrogen) atoms. The first-order valence-corrected chi connectivity index (χ1v) is 7.80. The molecule has 2 heterocycles. The van der Waals surface area contributed by atoms with Gasteiger partial charge in [-0.15, -0.1) is 5.10 Å². The number of nitrogens with one attached hydrogen (secondary N) is 1. The van der Waals surface area contributed by atoms with E-state index in [0.717, 1.165) is 0 Å². The Balaban J connectivity index is 1.71. The van der Waals surface area contributed by atoms with Gasteiger partial charge in [0.25, 0.3) is 23.2 Å². The fraction of sp³-hybridized carbons (Fsp3) is 0.188. The van der Waals surface area contributed by atoms with E-state index in [0.29, 0.717) is 5.69 Å². The number of nitro benzene ring substituents is 1. The second-order valence-electron chi connectivity index (χ2n) is 5.54. The highest BCUT2D eigenvalue weighted by Crippen LogP contribution is 2.23. The van der Waals surface area contributed by atoms with Crippen LogP contribution in [0.2, 0.25) is 0 Å². The average Bonchev–Trinajstić information content (AvgIpc) is 3.08. The van der Waals surface area contributed by atoms with Crippen LogP contribution in [0.3, 0.4) is 0 Å². The Labute approximate surface area is 152 Å². The van der Waals surface area contributed by atoms with Crippen molar-refractivity contribution >= 4 is 29.0 Å². The Morgan fingerprint density at radius 3 is 2.74 bits per heavy atom. The molecule has 1 atom stereocenters. The number of hydrogen-bond acceptors (Lipinski definition) is 8. The quantitative estimate of drug-likeness (QED) is 0.405. The molecule has 0 aliphatic heterocycles. The molecule has 3 rings (SSSR count). The second-order valence-corrected chi connectivity index (χ2v) is 5.54. The van der Waals surface area contributed by atoms with E-state index in [2.05, 4.69) is 20.4 Å². The molecule has 2 aromatic heterocycles. The van der Waals surface area contributed by atoms with Crippen LogP contribution >= 0.6 is 0 Å². The largest absolute Gasteiger partial charge is 0.447 e. The van der Waals surface area contributed by atoms with E-state index in [1.165, 1.54) is 41.9 Å². The Morgan fingerprint density at radius 1 is 1.30 bits per heavy atom. The van der Waals surface area contributed by atoms with E-state index in [1.807, 2.05) is 0 Å². The van der Waals surface area contributed by atoms with Gasteiger partial charge in [0.1, 0.15) is 5.69 Å². The van der Waals surface area contributed by atoms with Crippen LogP contribution in [0, 0.1) is 17.0 Å². The standard InChI is InChI=1S/C16H14N6O5/c1-9-7-8-17-16-19-13(20-21(9)16)15(24)27-10(2)14(23)18-11-5-3-4-6-12(11)22(25)26/h3-8,10H,1-2H3,(H,18,23). The van der Waals surface area contributed by atoms with Crippen molar-refractivity contribution in [1.29, 1.82) is 0 Å². The number of ether oxygens (including phenoxy) is 1. The molecule has 0 fully saturated rings. The van der Waals surface area contributed by atoms with Crippen LogP contribution in [0.1, 0.15) is 23.2 Å². The SMILES string of the molecule is Cc1ccnc2nc(C(=O)OC(C)C(=O)Nc3ccccc3[N+](=O)[O-])nn12. The maximum atomic E-state index is 12.2. The molecule has 0 aliphatic carbocycles. The second kappa shape index (κ2) is 7.15. The van der Waals surface area contributed by atoms with Gasteiger partial charge in [0.05, 0.1) is 4.92 Å². The maximum Gasteiger partial charge on any atom is 0.379 e. The number of esters is 1. The van der Waals surface area contributed by atoms with E-state index < -0.39 is 22.9 Å². The number of nitrogens with zero attached hydrogens (tertiary/aromatic N) is 5. The highest BCUT2D eigenvalue weighted by molar-refractivity contribution is 5.98. The summed E-state index contributed by atoms with van der Waals surface area (Å²) in [5.41, 5.74) is 0.447. The van der Waals surface area contributed by atoms with Crippen molar-refractivity contribution in [2.24, 2.45) is 0 Å². The molecule has 0 spiro atoms. The number of amides is 1. The lowest BCUT2D eigenvalue weighted by molar-refractivity contribution is -0.383. The van der Waals surface area contributed by atoms with Crippen molar-refractivity contribution in [3.8, 4) is 0 Å². The molecule has 1 amide bonds. The number of hydrogen-bond donors (Lipinski definition) is 1. The Bertz CT molecular complexity index is 1050. The predicted molar refractivity (Wildman–Crippen MR) is 92.1 cm³/mol. The van der Waals surface area contributed by atoms with E-state index in [4.69, 9.17) is 4.74 Å². The number of rotatable bonds is 5. The molecule has 0 aliphatic rings. The summed E-state index contributed by atoms with van der Waals surface area (Å²) in [7, 11) is 0. The molecule has 0 saturated heterocycles. The summed E-state index contributed by atoms with van der Waals surface area (Å²) in [4.78, 5) is 42.7. The molecule has 1 unspecified atom stereocenters. The van der Waals surface area contributed by atoms with Crippen LogP contribution in [0.4, 0.5) is 11.4 Å². The third-order valence-corrected chi connectivity index (χ3v) is 3.62. The van der Waals surface area contributed by atoms with Crippen LogP contribution in [-0.4, -0.2) is 42.5 Å². The first-order valence-electron chi connectivity index (χ1n) is 7.80. The smallest absolute Gasteiger partial charge is 0.379 e. The van der Waals surface area contributed by atoms with Gasteiger partial charge < -0.3 is 10.1 Å². The summed E-state index contributed by atoms with van der Waals surface area (Å²) in [6.45, 7) is 3.10. The van der Waals surface area contributed by atoms with E-state index in [-0.39, 0.29) is 23.0 Å². The zero-order valence-corrected chi connectivity index (χ0v) is 14.3. The van der Waals surface area contributed by atoms with Crippen molar-refractivity contribution in [2.75, 3.05) is 5.32 Å². The fourth-order valence-corrected chi connectivity index (χ4v) is 2.23. The van der Waals surface area contributed by atoms with Crippen molar-refractivity contribution in [3.05, 3.63) is 58.2 Å². The van der Waals surface area contributed by atoms with E-state index in [1.54, 1.807) is 13.0 Å². The molecule has 1 aromatic carbocycles. The van der Waals surface area contributed by atoms with Crippen LogP contribution < -0.4 is 5.32 Å². The molecule has 3 aromatic rings. The highest BCUT2D eigenvalue weighted by atomic mass is 16.6. The fourth-order valence-electron chi connectivity index (χ4n) is 2.23. The molecule has 1 N–H and O–H groups in total. The number of anilines is 1. The number of carbonyl (C=O) groups is 2. The van der Waals surface area contributed by atoms with E-state index in [9.17, 15) is 19.7 Å². The Morgan fingerprint density at radius 2 is 2.04 bits per heavy atom. The summed E-state index contributed by atoms with van der Waals surface area (Å²) < 4.78 is 6.42. The average molecular weight is 370 g/mol. The highest BCUT2D eigenvalue weighted by Gasteiger charge is 2.24. The van der Waals surface area contributed by atoms with Gasteiger partial charge in [-0.3, -0.25) is 14.9 Å². The normalized spacial score (nSPS) is 11.8. The van der Waals surface area contributed by atoms with Gasteiger partial charge in [0.15, 0.2) is 6.10 Å². The van der Waals surface area contributed by atoms with Gasteiger partial charge in [-0.25, -0.2) is 14.3 Å². The third-order valence-electron chi connectivity index (χ3n) is 3.62. The predicted octanol–water partition coefficient (Wildman–Crippen LogP) is 1.52. The number of benzene rings is 1. The number of aromatic nitrogens is 4. The van der Waals surface area contributed by atoms with E-state index >= 15 is 0 Å². The van der Waals surface area contributed by atoms with Gasteiger partial charge in [-0.05, 0) is 26.0 Å². The molecule has 0 saturated carbocycles. The van der Waals surface area contributed by atoms with Gasteiger partial charge in [0, 0.05) is 18.0 Å². The summed E-state index contributed by atoms with van der Waals surface area (Å²) in [6.07, 6.45) is 0.301. The van der Waals surface area contributed by atoms with Crippen molar-refractivity contribution in [3.63, 3.8) is 0 Å². The minimum atomic E-state index is -1.22. The summed E-state index contributed by atoms with van der Waals surface area (Å²) in [6, 6.07) is 7.34. The number of carbonyl (C=O) groups excluding carboxylic acids is 2. The molecule has 11 nitrogen and oxygen atoms in total. The number of fused-ring (bicyclic) bond motifs is 1. The molecule has 0 bridgehead atoms. The minimum absolute atomic E-state index is 0.000999. The van der Waals surface area contributed by atoms with Gasteiger partial charge in [-0.1, -0.05) is 12.1 Å².